The second kappa shape index (κ2) is 5.38. The lowest BCUT2D eigenvalue weighted by Crippen LogP contribution is -2.30. The molecule has 4 rings (SSSR count). The first-order valence-electron chi connectivity index (χ1n) is 7.48. The summed E-state index contributed by atoms with van der Waals surface area (Å²) in [6.07, 6.45) is 3.47. The topological polar surface area (TPSA) is 54.0 Å². The van der Waals surface area contributed by atoms with Gasteiger partial charge in [-0.15, -0.1) is 0 Å². The highest BCUT2D eigenvalue weighted by atomic mass is 35.5. The van der Waals surface area contributed by atoms with Crippen molar-refractivity contribution < 1.29 is 4.79 Å². The zero-order valence-electron chi connectivity index (χ0n) is 12.0. The maximum absolute atomic E-state index is 12.4. The molecule has 4 nitrogen and oxygen atoms in total. The molecule has 1 aliphatic heterocycles. The molecule has 5 heteroatoms. The molecule has 1 atom stereocenters. The number of halogens is 1. The zero-order valence-corrected chi connectivity index (χ0v) is 12.8. The minimum Gasteiger partial charge on any atom is -0.324 e. The van der Waals surface area contributed by atoms with Crippen molar-refractivity contribution >= 4 is 23.2 Å². The van der Waals surface area contributed by atoms with Gasteiger partial charge in [-0.1, -0.05) is 17.7 Å². The summed E-state index contributed by atoms with van der Waals surface area (Å²) in [6, 6.07) is 7.77. The number of nitrogens with one attached hydrogen (secondary N) is 2. The van der Waals surface area contributed by atoms with Crippen LogP contribution in [0.1, 0.15) is 28.3 Å². The summed E-state index contributed by atoms with van der Waals surface area (Å²) in [5.74, 6) is -0.0943. The van der Waals surface area contributed by atoms with Crippen LogP contribution in [0.25, 0.3) is 0 Å². The summed E-state index contributed by atoms with van der Waals surface area (Å²) in [5.41, 5.74) is 5.30. The molecule has 0 saturated carbocycles. The third-order valence-electron chi connectivity index (χ3n) is 4.41. The number of fused-ring (bicyclic) bond motifs is 2. The molecular weight excluding hydrogens is 298 g/mol. The normalized spacial score (nSPS) is 18.9. The Kier molecular flexibility index (Phi) is 3.36. The Bertz CT molecular complexity index is 760. The molecule has 112 valence electrons. The Hall–Kier alpha value is -1.91. The number of pyridine rings is 1. The van der Waals surface area contributed by atoms with E-state index in [2.05, 4.69) is 15.6 Å². The standard InChI is InChI=1S/C17H16ClN3O/c18-12-2-1-10-6-15(14(10)7-12)17(22)21-13-5-11-8-19-4-3-16(11)20-9-13/h1-2,5,7,9,15,19H,3-4,6,8H2,(H,21,22). The van der Waals surface area contributed by atoms with Gasteiger partial charge < -0.3 is 10.6 Å². The van der Waals surface area contributed by atoms with Crippen LogP contribution in [0.15, 0.2) is 30.5 Å². The number of amides is 1. The van der Waals surface area contributed by atoms with E-state index >= 15 is 0 Å². The summed E-state index contributed by atoms with van der Waals surface area (Å²) in [6.45, 7) is 1.78. The van der Waals surface area contributed by atoms with Crippen LogP contribution in [0.5, 0.6) is 0 Å². The van der Waals surface area contributed by atoms with E-state index in [4.69, 9.17) is 11.6 Å². The summed E-state index contributed by atoms with van der Waals surface area (Å²) < 4.78 is 0. The second-order valence-corrected chi connectivity index (χ2v) is 6.28. The molecule has 1 unspecified atom stereocenters. The summed E-state index contributed by atoms with van der Waals surface area (Å²) in [7, 11) is 0. The third-order valence-corrected chi connectivity index (χ3v) is 4.64. The Morgan fingerprint density at radius 3 is 3.14 bits per heavy atom. The van der Waals surface area contributed by atoms with E-state index in [-0.39, 0.29) is 11.8 Å². The predicted molar refractivity (Wildman–Crippen MR) is 86.2 cm³/mol. The first-order valence-corrected chi connectivity index (χ1v) is 7.86. The maximum Gasteiger partial charge on any atom is 0.232 e. The van der Waals surface area contributed by atoms with E-state index < -0.39 is 0 Å². The van der Waals surface area contributed by atoms with Gasteiger partial charge >= 0.3 is 0 Å². The monoisotopic (exact) mass is 313 g/mol. The van der Waals surface area contributed by atoms with Crippen LogP contribution in [0.2, 0.25) is 5.02 Å². The van der Waals surface area contributed by atoms with E-state index in [9.17, 15) is 4.79 Å². The average Bonchev–Trinajstić information content (AvgIpc) is 2.50. The van der Waals surface area contributed by atoms with Gasteiger partial charge in [-0.2, -0.15) is 0 Å². The van der Waals surface area contributed by atoms with E-state index in [0.29, 0.717) is 5.02 Å². The molecule has 1 amide bonds. The van der Waals surface area contributed by atoms with E-state index in [1.54, 1.807) is 6.20 Å². The molecule has 1 aromatic carbocycles. The maximum atomic E-state index is 12.4. The van der Waals surface area contributed by atoms with Crippen LogP contribution in [0.4, 0.5) is 5.69 Å². The van der Waals surface area contributed by atoms with E-state index in [1.807, 2.05) is 24.3 Å². The first-order chi connectivity index (χ1) is 10.7. The molecule has 2 N–H and O–H groups in total. The smallest absolute Gasteiger partial charge is 0.232 e. The Balaban J connectivity index is 1.51. The van der Waals surface area contributed by atoms with E-state index in [0.717, 1.165) is 42.9 Å². The molecule has 2 heterocycles. The van der Waals surface area contributed by atoms with Crippen molar-refractivity contribution in [1.29, 1.82) is 0 Å². The number of aromatic nitrogens is 1. The van der Waals surface area contributed by atoms with Gasteiger partial charge in [0, 0.05) is 30.2 Å². The fourth-order valence-corrected chi connectivity index (χ4v) is 3.33. The quantitative estimate of drug-likeness (QED) is 0.896. The van der Waals surface area contributed by atoms with Crippen LogP contribution in [-0.4, -0.2) is 17.4 Å². The SMILES string of the molecule is O=C(Nc1cnc2c(c1)CNCC2)C1Cc2ccc(Cl)cc21. The molecule has 2 aromatic rings. The van der Waals surface area contributed by atoms with Crippen molar-refractivity contribution in [2.24, 2.45) is 0 Å². The van der Waals surface area contributed by atoms with Crippen LogP contribution < -0.4 is 10.6 Å². The number of anilines is 1. The van der Waals surface area contributed by atoms with Crippen LogP contribution in [0, 0.1) is 0 Å². The lowest BCUT2D eigenvalue weighted by atomic mass is 9.77. The fourth-order valence-electron chi connectivity index (χ4n) is 3.15. The Morgan fingerprint density at radius 1 is 1.32 bits per heavy atom. The summed E-state index contributed by atoms with van der Waals surface area (Å²) in [4.78, 5) is 16.9. The van der Waals surface area contributed by atoms with Gasteiger partial charge in [0.25, 0.3) is 0 Å². The predicted octanol–water partition coefficient (Wildman–Crippen LogP) is 2.66. The van der Waals surface area contributed by atoms with E-state index in [1.165, 1.54) is 11.1 Å². The summed E-state index contributed by atoms with van der Waals surface area (Å²) in [5, 5.41) is 6.98. The van der Waals surface area contributed by atoms with Gasteiger partial charge in [0.05, 0.1) is 17.8 Å². The number of rotatable bonds is 2. The minimum absolute atomic E-state index is 0.0142. The minimum atomic E-state index is -0.108. The van der Waals surface area contributed by atoms with Crippen molar-refractivity contribution in [3.63, 3.8) is 0 Å². The van der Waals surface area contributed by atoms with Gasteiger partial charge in [-0.3, -0.25) is 9.78 Å². The number of hydrogen-bond donors (Lipinski definition) is 2. The van der Waals surface area contributed by atoms with Crippen molar-refractivity contribution in [3.8, 4) is 0 Å². The molecule has 0 radical (unpaired) electrons. The highest BCUT2D eigenvalue weighted by Gasteiger charge is 2.32. The molecule has 22 heavy (non-hydrogen) atoms. The molecule has 0 bridgehead atoms. The van der Waals surface area contributed by atoms with Gasteiger partial charge in [-0.25, -0.2) is 0 Å². The number of carbonyl (C=O) groups is 1. The number of carbonyl (C=O) groups excluding carboxylic acids is 1. The van der Waals surface area contributed by atoms with Gasteiger partial charge in [0.15, 0.2) is 0 Å². The number of nitrogens with zero attached hydrogens (tertiary/aromatic N) is 1. The van der Waals surface area contributed by atoms with Gasteiger partial charge in [-0.05, 0) is 41.3 Å². The van der Waals surface area contributed by atoms with Crippen LogP contribution in [-0.2, 0) is 24.2 Å². The summed E-state index contributed by atoms with van der Waals surface area (Å²) >= 11 is 6.01. The Labute approximate surface area is 133 Å². The van der Waals surface area contributed by atoms with Gasteiger partial charge in [0.1, 0.15) is 0 Å². The average molecular weight is 314 g/mol. The largest absolute Gasteiger partial charge is 0.324 e. The fraction of sp³-hybridized carbons (Fsp3) is 0.294. The first kappa shape index (κ1) is 13.7. The molecule has 1 aromatic heterocycles. The van der Waals surface area contributed by atoms with Crippen molar-refractivity contribution in [3.05, 3.63) is 57.9 Å². The molecule has 0 spiro atoms. The zero-order chi connectivity index (χ0) is 15.1. The Morgan fingerprint density at radius 2 is 2.23 bits per heavy atom. The lowest BCUT2D eigenvalue weighted by Gasteiger charge is -2.29. The molecule has 2 aliphatic rings. The number of benzene rings is 1. The van der Waals surface area contributed by atoms with Gasteiger partial charge in [0.2, 0.25) is 5.91 Å². The van der Waals surface area contributed by atoms with Crippen molar-refractivity contribution in [2.45, 2.75) is 25.3 Å². The molecule has 1 aliphatic carbocycles. The lowest BCUT2D eigenvalue weighted by molar-refractivity contribution is -0.118. The highest BCUT2D eigenvalue weighted by Crippen LogP contribution is 2.37. The van der Waals surface area contributed by atoms with Crippen molar-refractivity contribution in [2.75, 3.05) is 11.9 Å². The molecular formula is C17H16ClN3O. The highest BCUT2D eigenvalue weighted by molar-refractivity contribution is 6.30. The van der Waals surface area contributed by atoms with Crippen molar-refractivity contribution in [1.82, 2.24) is 10.3 Å². The molecule has 0 saturated heterocycles. The third kappa shape index (κ3) is 2.38. The second-order valence-electron chi connectivity index (χ2n) is 5.85. The number of hydrogen-bond acceptors (Lipinski definition) is 3. The van der Waals surface area contributed by atoms with Crippen LogP contribution in [0.3, 0.4) is 0 Å². The van der Waals surface area contributed by atoms with Crippen LogP contribution >= 0.6 is 11.6 Å². The molecule has 0 fully saturated rings.